The fourth-order valence-corrected chi connectivity index (χ4v) is 2.11. The Labute approximate surface area is 115 Å². The first-order valence-electron chi connectivity index (χ1n) is 4.91. The molecule has 8 heteroatoms. The highest BCUT2D eigenvalue weighted by atomic mass is 79.9. The van der Waals surface area contributed by atoms with E-state index in [4.69, 9.17) is 8.83 Å². The zero-order chi connectivity index (χ0) is 13.0. The van der Waals surface area contributed by atoms with Crippen LogP contribution in [0.5, 0.6) is 0 Å². The van der Waals surface area contributed by atoms with E-state index in [1.807, 2.05) is 0 Å². The number of carbonyl (C=O) groups excluding carboxylic acids is 1. The highest BCUT2D eigenvalue weighted by molar-refractivity contribution is 9.10. The van der Waals surface area contributed by atoms with Gasteiger partial charge in [-0.15, -0.1) is 22.0 Å². The van der Waals surface area contributed by atoms with E-state index in [-0.39, 0.29) is 11.7 Å². The summed E-state index contributed by atoms with van der Waals surface area (Å²) in [5.74, 6) is 1.67. The third-order valence-corrected chi connectivity index (χ3v) is 3.24. The van der Waals surface area contributed by atoms with Crippen molar-refractivity contribution < 1.29 is 18.4 Å². The number of nitrogens with zero attached hydrogens (tertiary/aromatic N) is 2. The minimum Gasteiger partial charge on any atom is -0.468 e. The molecule has 2 rings (SSSR count). The molecule has 2 aromatic rings. The van der Waals surface area contributed by atoms with Crippen molar-refractivity contribution in [3.8, 4) is 11.7 Å². The average molecular weight is 333 g/mol. The number of aromatic nitrogens is 2. The summed E-state index contributed by atoms with van der Waals surface area (Å²) >= 11 is 4.53. The molecule has 0 N–H and O–H groups in total. The number of rotatable bonds is 5. The Bertz CT molecular complexity index is 539. The minimum atomic E-state index is -0.283. The van der Waals surface area contributed by atoms with Crippen molar-refractivity contribution >= 4 is 33.7 Å². The molecule has 0 saturated carbocycles. The Balaban J connectivity index is 1.92. The summed E-state index contributed by atoms with van der Waals surface area (Å²) in [5, 5.41) is 7.72. The number of methoxy groups -OCH3 is 1. The van der Waals surface area contributed by atoms with E-state index in [9.17, 15) is 4.79 Å². The Morgan fingerprint density at radius 2 is 2.28 bits per heavy atom. The zero-order valence-electron chi connectivity index (χ0n) is 9.38. The molecule has 2 heterocycles. The van der Waals surface area contributed by atoms with E-state index >= 15 is 0 Å². The Kier molecular flexibility index (Phi) is 4.43. The Morgan fingerprint density at radius 3 is 2.94 bits per heavy atom. The normalized spacial score (nSPS) is 10.6. The van der Waals surface area contributed by atoms with Gasteiger partial charge >= 0.3 is 5.97 Å². The highest BCUT2D eigenvalue weighted by Gasteiger charge is 2.12. The van der Waals surface area contributed by atoms with Gasteiger partial charge in [-0.05, 0) is 28.1 Å². The molecule has 18 heavy (non-hydrogen) atoms. The fraction of sp³-hybridized carbons (Fsp3) is 0.300. The van der Waals surface area contributed by atoms with Crippen molar-refractivity contribution in [1.29, 1.82) is 0 Å². The van der Waals surface area contributed by atoms with Crippen molar-refractivity contribution in [3.63, 3.8) is 0 Å². The van der Waals surface area contributed by atoms with Crippen LogP contribution in [0, 0.1) is 0 Å². The first kappa shape index (κ1) is 13.2. The summed E-state index contributed by atoms with van der Waals surface area (Å²) < 4.78 is 15.8. The van der Waals surface area contributed by atoms with Gasteiger partial charge in [-0.2, -0.15) is 0 Å². The lowest BCUT2D eigenvalue weighted by Crippen LogP contribution is -2.03. The lowest BCUT2D eigenvalue weighted by atomic mass is 10.5. The predicted octanol–water partition coefficient (Wildman–Crippen LogP) is 2.50. The summed E-state index contributed by atoms with van der Waals surface area (Å²) in [5.41, 5.74) is 0. The van der Waals surface area contributed by atoms with Crippen molar-refractivity contribution in [2.45, 2.75) is 5.75 Å². The highest BCUT2D eigenvalue weighted by Crippen LogP contribution is 2.24. The van der Waals surface area contributed by atoms with Gasteiger partial charge in [0.2, 0.25) is 5.89 Å². The maximum atomic E-state index is 10.9. The van der Waals surface area contributed by atoms with Gasteiger partial charge in [-0.25, -0.2) is 0 Å². The van der Waals surface area contributed by atoms with Gasteiger partial charge in [0.1, 0.15) is 0 Å². The van der Waals surface area contributed by atoms with E-state index in [0.29, 0.717) is 28.0 Å². The summed E-state index contributed by atoms with van der Waals surface area (Å²) in [6.07, 6.45) is 0. The molecule has 0 atom stereocenters. The van der Waals surface area contributed by atoms with Gasteiger partial charge < -0.3 is 13.6 Å². The van der Waals surface area contributed by atoms with Gasteiger partial charge in [0.25, 0.3) is 5.89 Å². The molecule has 0 aliphatic heterocycles. The van der Waals surface area contributed by atoms with E-state index in [1.54, 1.807) is 12.1 Å². The Morgan fingerprint density at radius 1 is 1.44 bits per heavy atom. The van der Waals surface area contributed by atoms with Gasteiger partial charge in [0, 0.05) is 0 Å². The fourth-order valence-electron chi connectivity index (χ4n) is 1.12. The van der Waals surface area contributed by atoms with Crippen LogP contribution in [0.4, 0.5) is 0 Å². The zero-order valence-corrected chi connectivity index (χ0v) is 11.8. The quantitative estimate of drug-likeness (QED) is 0.778. The molecule has 0 bridgehead atoms. The minimum absolute atomic E-state index is 0.251. The number of thioether (sulfide) groups is 1. The van der Waals surface area contributed by atoms with Crippen LogP contribution in [0.1, 0.15) is 5.89 Å². The van der Waals surface area contributed by atoms with Crippen LogP contribution in [0.3, 0.4) is 0 Å². The third-order valence-electron chi connectivity index (χ3n) is 1.92. The summed E-state index contributed by atoms with van der Waals surface area (Å²) in [6, 6.07) is 3.47. The standard InChI is InChI=1S/C10H9BrN2O4S/c1-15-9(14)5-18-4-8-12-13-10(17-8)6-2-3-7(11)16-6/h2-3H,4-5H2,1H3. The molecular weight excluding hydrogens is 324 g/mol. The van der Waals surface area contributed by atoms with Gasteiger partial charge in [0.05, 0.1) is 18.6 Å². The lowest BCUT2D eigenvalue weighted by molar-refractivity contribution is -0.137. The molecule has 0 fully saturated rings. The monoisotopic (exact) mass is 332 g/mol. The molecule has 6 nitrogen and oxygen atoms in total. The molecule has 0 amide bonds. The van der Waals surface area contributed by atoms with E-state index in [0.717, 1.165) is 0 Å². The largest absolute Gasteiger partial charge is 0.468 e. The van der Waals surface area contributed by atoms with Crippen LogP contribution in [0.2, 0.25) is 0 Å². The number of ether oxygens (including phenoxy) is 1. The second-order valence-electron chi connectivity index (χ2n) is 3.17. The first-order chi connectivity index (χ1) is 8.69. The Hall–Kier alpha value is -1.28. The second-order valence-corrected chi connectivity index (χ2v) is 4.94. The van der Waals surface area contributed by atoms with Crippen LogP contribution in [-0.4, -0.2) is 29.0 Å². The molecule has 0 saturated heterocycles. The molecule has 2 aromatic heterocycles. The van der Waals surface area contributed by atoms with Crippen LogP contribution in [0.25, 0.3) is 11.7 Å². The maximum Gasteiger partial charge on any atom is 0.315 e. The number of carbonyl (C=O) groups is 1. The van der Waals surface area contributed by atoms with Gasteiger partial charge in [-0.3, -0.25) is 4.79 Å². The number of halogens is 1. The predicted molar refractivity (Wildman–Crippen MR) is 67.9 cm³/mol. The number of furan rings is 1. The number of hydrogen-bond donors (Lipinski definition) is 0. The molecule has 0 spiro atoms. The van der Waals surface area contributed by atoms with Crippen molar-refractivity contribution in [3.05, 3.63) is 22.7 Å². The topological polar surface area (TPSA) is 78.4 Å². The maximum absolute atomic E-state index is 10.9. The van der Waals surface area contributed by atoms with Crippen LogP contribution >= 0.6 is 27.7 Å². The van der Waals surface area contributed by atoms with Crippen LogP contribution in [-0.2, 0) is 15.3 Å². The van der Waals surface area contributed by atoms with E-state index in [1.165, 1.54) is 18.9 Å². The molecule has 0 aromatic carbocycles. The van der Waals surface area contributed by atoms with Crippen molar-refractivity contribution in [2.75, 3.05) is 12.9 Å². The summed E-state index contributed by atoms with van der Waals surface area (Å²) in [7, 11) is 1.35. The SMILES string of the molecule is COC(=O)CSCc1nnc(-c2ccc(Br)o2)o1. The van der Waals surface area contributed by atoms with E-state index < -0.39 is 0 Å². The van der Waals surface area contributed by atoms with Crippen molar-refractivity contribution in [1.82, 2.24) is 10.2 Å². The molecular formula is C10H9BrN2O4S. The number of hydrogen-bond acceptors (Lipinski definition) is 7. The average Bonchev–Trinajstić information content (AvgIpc) is 2.97. The van der Waals surface area contributed by atoms with Crippen LogP contribution in [0.15, 0.2) is 25.6 Å². The summed E-state index contributed by atoms with van der Waals surface area (Å²) in [4.78, 5) is 10.9. The second kappa shape index (κ2) is 6.05. The first-order valence-corrected chi connectivity index (χ1v) is 6.86. The third kappa shape index (κ3) is 3.36. The van der Waals surface area contributed by atoms with Crippen LogP contribution < -0.4 is 0 Å². The molecule has 0 aliphatic rings. The van der Waals surface area contributed by atoms with Gasteiger partial charge in [-0.1, -0.05) is 0 Å². The molecule has 0 aliphatic carbocycles. The molecule has 96 valence electrons. The number of esters is 1. The lowest BCUT2D eigenvalue weighted by Gasteiger charge is -1.96. The van der Waals surface area contributed by atoms with Crippen molar-refractivity contribution in [2.24, 2.45) is 0 Å². The summed E-state index contributed by atoms with van der Waals surface area (Å²) in [6.45, 7) is 0. The molecule has 0 unspecified atom stereocenters. The molecule has 0 radical (unpaired) electrons. The van der Waals surface area contributed by atoms with Gasteiger partial charge in [0.15, 0.2) is 10.4 Å². The smallest absolute Gasteiger partial charge is 0.315 e. The van der Waals surface area contributed by atoms with E-state index in [2.05, 4.69) is 30.9 Å².